The SMILES string of the molecule is c1ccc(-c2ccc(Nc3cccc4c3-c3ccccc3C43c4ccccc4-c4ccccc43)c3ccccc23)cc1. The zero-order chi connectivity index (χ0) is 27.7. The van der Waals surface area contributed by atoms with Crippen molar-refractivity contribution in [1.82, 2.24) is 0 Å². The van der Waals surface area contributed by atoms with Gasteiger partial charge in [-0.2, -0.15) is 0 Å². The Hall–Kier alpha value is -5.40. The highest BCUT2D eigenvalue weighted by Gasteiger charge is 2.51. The van der Waals surface area contributed by atoms with E-state index >= 15 is 0 Å². The Balaban J connectivity index is 1.28. The molecule has 9 rings (SSSR count). The minimum Gasteiger partial charge on any atom is -0.355 e. The average Bonchev–Trinajstić information content (AvgIpc) is 3.53. The van der Waals surface area contributed by atoms with Gasteiger partial charge in [0.2, 0.25) is 0 Å². The summed E-state index contributed by atoms with van der Waals surface area (Å²) in [7, 11) is 0. The van der Waals surface area contributed by atoms with Gasteiger partial charge in [-0.05, 0) is 67.6 Å². The Labute approximate surface area is 245 Å². The van der Waals surface area contributed by atoms with E-state index in [4.69, 9.17) is 0 Å². The van der Waals surface area contributed by atoms with Crippen LogP contribution in [0.1, 0.15) is 22.3 Å². The molecule has 2 aliphatic rings. The molecule has 0 heterocycles. The molecule has 0 unspecified atom stereocenters. The van der Waals surface area contributed by atoms with Crippen molar-refractivity contribution < 1.29 is 0 Å². The van der Waals surface area contributed by atoms with E-state index in [0.717, 1.165) is 11.4 Å². The summed E-state index contributed by atoms with van der Waals surface area (Å²) >= 11 is 0. The van der Waals surface area contributed by atoms with Gasteiger partial charge in [0, 0.05) is 22.3 Å². The van der Waals surface area contributed by atoms with Crippen LogP contribution in [0.3, 0.4) is 0 Å². The standard InChI is InChI=1S/C41H27N/c1-2-13-27(14-3-1)28-25-26-38(32-18-5-4-15-29(28)32)42-39-24-12-23-37-40(39)33-19-8-11-22-36(33)41(37)34-20-9-6-16-30(34)31-17-7-10-21-35(31)41/h1-26,42H. The number of hydrogen-bond acceptors (Lipinski definition) is 1. The van der Waals surface area contributed by atoms with E-state index in [9.17, 15) is 0 Å². The molecular formula is C41H27N. The molecule has 7 aromatic rings. The van der Waals surface area contributed by atoms with Crippen molar-refractivity contribution in [2.45, 2.75) is 5.41 Å². The van der Waals surface area contributed by atoms with Crippen LogP contribution in [0.25, 0.3) is 44.2 Å². The van der Waals surface area contributed by atoms with Crippen LogP contribution in [-0.4, -0.2) is 0 Å². The topological polar surface area (TPSA) is 12.0 Å². The van der Waals surface area contributed by atoms with Crippen LogP contribution >= 0.6 is 0 Å². The Morgan fingerprint density at radius 1 is 0.333 bits per heavy atom. The zero-order valence-electron chi connectivity index (χ0n) is 23.0. The Morgan fingerprint density at radius 3 is 1.60 bits per heavy atom. The first-order valence-electron chi connectivity index (χ1n) is 14.6. The summed E-state index contributed by atoms with van der Waals surface area (Å²) in [5, 5.41) is 6.38. The minimum absolute atomic E-state index is 0.337. The molecule has 0 fully saturated rings. The predicted molar refractivity (Wildman–Crippen MR) is 175 cm³/mol. The maximum absolute atomic E-state index is 3.92. The molecule has 2 aliphatic carbocycles. The minimum atomic E-state index is -0.337. The summed E-state index contributed by atoms with van der Waals surface area (Å²) in [5.41, 5.74) is 15.1. The summed E-state index contributed by atoms with van der Waals surface area (Å²) in [4.78, 5) is 0. The summed E-state index contributed by atoms with van der Waals surface area (Å²) in [6, 6.07) is 57.6. The van der Waals surface area contributed by atoms with Gasteiger partial charge >= 0.3 is 0 Å². The van der Waals surface area contributed by atoms with E-state index in [2.05, 4.69) is 163 Å². The van der Waals surface area contributed by atoms with Crippen LogP contribution in [0, 0.1) is 0 Å². The van der Waals surface area contributed by atoms with E-state index in [1.54, 1.807) is 0 Å². The van der Waals surface area contributed by atoms with Crippen molar-refractivity contribution in [2.24, 2.45) is 0 Å². The highest BCUT2D eigenvalue weighted by molar-refractivity contribution is 6.06. The molecule has 1 N–H and O–H groups in total. The predicted octanol–water partition coefficient (Wildman–Crippen LogP) is 10.6. The first kappa shape index (κ1) is 23.3. The Kier molecular flexibility index (Phi) is 4.88. The van der Waals surface area contributed by atoms with Crippen molar-refractivity contribution in [1.29, 1.82) is 0 Å². The van der Waals surface area contributed by atoms with Crippen molar-refractivity contribution >= 4 is 22.1 Å². The van der Waals surface area contributed by atoms with E-state index in [1.165, 1.54) is 66.4 Å². The molecule has 0 saturated carbocycles. The quantitative estimate of drug-likeness (QED) is 0.238. The highest BCUT2D eigenvalue weighted by atomic mass is 14.9. The molecule has 196 valence electrons. The van der Waals surface area contributed by atoms with Gasteiger partial charge in [-0.3, -0.25) is 0 Å². The molecule has 0 aliphatic heterocycles. The Morgan fingerprint density at radius 2 is 0.881 bits per heavy atom. The van der Waals surface area contributed by atoms with E-state index in [0.29, 0.717) is 0 Å². The Bertz CT molecular complexity index is 2130. The summed E-state index contributed by atoms with van der Waals surface area (Å²) in [6.45, 7) is 0. The second-order valence-corrected chi connectivity index (χ2v) is 11.3. The summed E-state index contributed by atoms with van der Waals surface area (Å²) in [6.07, 6.45) is 0. The zero-order valence-corrected chi connectivity index (χ0v) is 23.0. The summed E-state index contributed by atoms with van der Waals surface area (Å²) in [5.74, 6) is 0. The molecule has 7 aromatic carbocycles. The largest absolute Gasteiger partial charge is 0.355 e. The number of rotatable bonds is 3. The molecule has 42 heavy (non-hydrogen) atoms. The van der Waals surface area contributed by atoms with Gasteiger partial charge in [-0.15, -0.1) is 0 Å². The molecule has 0 atom stereocenters. The molecule has 0 bridgehead atoms. The van der Waals surface area contributed by atoms with Gasteiger partial charge in [0.1, 0.15) is 0 Å². The third-order valence-corrected chi connectivity index (χ3v) is 9.30. The molecule has 0 aromatic heterocycles. The summed E-state index contributed by atoms with van der Waals surface area (Å²) < 4.78 is 0. The fraction of sp³-hybridized carbons (Fsp3) is 0.0244. The fourth-order valence-electron chi connectivity index (χ4n) is 7.67. The van der Waals surface area contributed by atoms with Gasteiger partial charge in [-0.25, -0.2) is 0 Å². The molecule has 1 nitrogen and oxygen atoms in total. The second kappa shape index (κ2) is 8.80. The van der Waals surface area contributed by atoms with Crippen LogP contribution in [0.5, 0.6) is 0 Å². The van der Waals surface area contributed by atoms with Crippen LogP contribution in [0.15, 0.2) is 158 Å². The fourth-order valence-corrected chi connectivity index (χ4v) is 7.67. The number of benzene rings is 7. The first-order valence-corrected chi connectivity index (χ1v) is 14.6. The van der Waals surface area contributed by atoms with E-state index < -0.39 is 0 Å². The molecule has 1 heteroatoms. The smallest absolute Gasteiger partial charge is 0.0726 e. The number of hydrogen-bond donors (Lipinski definition) is 1. The number of anilines is 2. The normalized spacial score (nSPS) is 13.4. The van der Waals surface area contributed by atoms with E-state index in [1.807, 2.05) is 0 Å². The number of fused-ring (bicyclic) bond motifs is 11. The van der Waals surface area contributed by atoms with Crippen LogP contribution < -0.4 is 5.32 Å². The lowest BCUT2D eigenvalue weighted by molar-refractivity contribution is 0.794. The van der Waals surface area contributed by atoms with Gasteiger partial charge in [0.15, 0.2) is 0 Å². The third kappa shape index (κ3) is 3.03. The van der Waals surface area contributed by atoms with Crippen LogP contribution in [-0.2, 0) is 5.41 Å². The van der Waals surface area contributed by atoms with Crippen molar-refractivity contribution in [3.05, 3.63) is 180 Å². The van der Waals surface area contributed by atoms with Crippen molar-refractivity contribution in [3.8, 4) is 33.4 Å². The first-order chi connectivity index (χ1) is 20.9. The maximum atomic E-state index is 3.92. The highest BCUT2D eigenvalue weighted by Crippen LogP contribution is 2.63. The average molecular weight is 534 g/mol. The van der Waals surface area contributed by atoms with Gasteiger partial charge in [0.25, 0.3) is 0 Å². The van der Waals surface area contributed by atoms with Gasteiger partial charge in [-0.1, -0.05) is 146 Å². The molecular weight excluding hydrogens is 506 g/mol. The lowest BCUT2D eigenvalue weighted by Crippen LogP contribution is -2.25. The van der Waals surface area contributed by atoms with Gasteiger partial charge < -0.3 is 5.32 Å². The van der Waals surface area contributed by atoms with Gasteiger partial charge in [0.05, 0.1) is 5.41 Å². The molecule has 0 saturated heterocycles. The maximum Gasteiger partial charge on any atom is 0.0726 e. The lowest BCUT2D eigenvalue weighted by Gasteiger charge is -2.30. The molecule has 0 radical (unpaired) electrons. The molecule has 1 spiro atoms. The second-order valence-electron chi connectivity index (χ2n) is 11.3. The van der Waals surface area contributed by atoms with Crippen molar-refractivity contribution in [3.63, 3.8) is 0 Å². The monoisotopic (exact) mass is 533 g/mol. The van der Waals surface area contributed by atoms with E-state index in [-0.39, 0.29) is 5.41 Å². The van der Waals surface area contributed by atoms with Crippen LogP contribution in [0.2, 0.25) is 0 Å². The third-order valence-electron chi connectivity index (χ3n) is 9.30. The number of nitrogens with one attached hydrogen (secondary N) is 1. The van der Waals surface area contributed by atoms with Crippen LogP contribution in [0.4, 0.5) is 11.4 Å². The molecule has 0 amide bonds. The van der Waals surface area contributed by atoms with Crippen molar-refractivity contribution in [2.75, 3.05) is 5.32 Å². The lowest BCUT2D eigenvalue weighted by atomic mass is 9.70.